The van der Waals surface area contributed by atoms with Crippen LogP contribution in [0.4, 0.5) is 5.82 Å². The average Bonchev–Trinajstić information content (AvgIpc) is 2.30. The van der Waals surface area contributed by atoms with Gasteiger partial charge in [-0.1, -0.05) is 6.07 Å². The van der Waals surface area contributed by atoms with Gasteiger partial charge in [-0.3, -0.25) is 0 Å². The second-order valence-electron chi connectivity index (χ2n) is 4.16. The minimum atomic E-state index is 0.548. The third-order valence-electron chi connectivity index (χ3n) is 3.09. The summed E-state index contributed by atoms with van der Waals surface area (Å²) >= 11 is 5.93. The molecule has 0 amide bonds. The van der Waals surface area contributed by atoms with Crippen molar-refractivity contribution in [3.63, 3.8) is 0 Å². The highest BCUT2D eigenvalue weighted by Gasteiger charge is 2.21. The van der Waals surface area contributed by atoms with Crippen LogP contribution >= 0.6 is 11.6 Å². The zero-order valence-corrected chi connectivity index (χ0v) is 9.87. The molecule has 1 unspecified atom stereocenters. The van der Waals surface area contributed by atoms with Gasteiger partial charge in [0.2, 0.25) is 0 Å². The maximum absolute atomic E-state index is 5.93. The van der Waals surface area contributed by atoms with E-state index < -0.39 is 0 Å². The lowest BCUT2D eigenvalue weighted by Crippen LogP contribution is -2.38. The van der Waals surface area contributed by atoms with Crippen molar-refractivity contribution < 1.29 is 0 Å². The van der Waals surface area contributed by atoms with Crippen LogP contribution in [0.25, 0.3) is 0 Å². The summed E-state index contributed by atoms with van der Waals surface area (Å²) in [5.41, 5.74) is 1.15. The molecule has 0 spiro atoms. The minimum absolute atomic E-state index is 0.548. The van der Waals surface area contributed by atoms with Crippen molar-refractivity contribution in [3.05, 3.63) is 23.9 Å². The molecule has 1 aromatic rings. The largest absolute Gasteiger partial charge is 0.354 e. The average molecular weight is 225 g/mol. The quantitative estimate of drug-likeness (QED) is 0.718. The third-order valence-corrected chi connectivity index (χ3v) is 3.37. The number of halogens is 1. The maximum Gasteiger partial charge on any atom is 0.133 e. The predicted octanol–water partition coefficient (Wildman–Crippen LogP) is 3.20. The molecule has 0 radical (unpaired) electrons. The van der Waals surface area contributed by atoms with E-state index in [1.165, 1.54) is 19.3 Å². The zero-order valence-electron chi connectivity index (χ0n) is 9.12. The van der Waals surface area contributed by atoms with Crippen LogP contribution in [0, 0.1) is 0 Å². The van der Waals surface area contributed by atoms with Crippen molar-refractivity contribution in [1.82, 2.24) is 4.98 Å². The van der Waals surface area contributed by atoms with Gasteiger partial charge in [-0.05, 0) is 32.3 Å². The van der Waals surface area contributed by atoms with Gasteiger partial charge in [-0.25, -0.2) is 4.98 Å². The van der Waals surface area contributed by atoms with E-state index in [2.05, 4.69) is 22.9 Å². The standard InChI is InChI=1S/C12H17ClN2/c1-10-5-2-3-8-15(10)12-11(9-13)6-4-7-14-12/h4,6-7,10H,2-3,5,8-9H2,1H3. The highest BCUT2D eigenvalue weighted by atomic mass is 35.5. The Morgan fingerprint density at radius 3 is 3.13 bits per heavy atom. The van der Waals surface area contributed by atoms with Crippen LogP contribution in [0.1, 0.15) is 31.7 Å². The van der Waals surface area contributed by atoms with Crippen LogP contribution in [0.5, 0.6) is 0 Å². The number of pyridine rings is 1. The molecule has 2 heterocycles. The smallest absolute Gasteiger partial charge is 0.133 e. The molecule has 0 bridgehead atoms. The Morgan fingerprint density at radius 2 is 2.40 bits per heavy atom. The van der Waals surface area contributed by atoms with Gasteiger partial charge >= 0.3 is 0 Å². The molecular formula is C12H17ClN2. The molecule has 0 N–H and O–H groups in total. The summed E-state index contributed by atoms with van der Waals surface area (Å²) in [6.07, 6.45) is 5.72. The molecule has 1 saturated heterocycles. The van der Waals surface area contributed by atoms with Crippen molar-refractivity contribution in [3.8, 4) is 0 Å². The highest BCUT2D eigenvalue weighted by molar-refractivity contribution is 6.17. The van der Waals surface area contributed by atoms with Crippen molar-refractivity contribution in [2.75, 3.05) is 11.4 Å². The van der Waals surface area contributed by atoms with E-state index in [4.69, 9.17) is 11.6 Å². The van der Waals surface area contributed by atoms with E-state index >= 15 is 0 Å². The number of rotatable bonds is 2. The number of alkyl halides is 1. The maximum atomic E-state index is 5.93. The lowest BCUT2D eigenvalue weighted by atomic mass is 10.0. The van der Waals surface area contributed by atoms with Gasteiger partial charge in [-0.2, -0.15) is 0 Å². The molecule has 15 heavy (non-hydrogen) atoms. The van der Waals surface area contributed by atoms with Crippen molar-refractivity contribution >= 4 is 17.4 Å². The van der Waals surface area contributed by atoms with Gasteiger partial charge in [0.15, 0.2) is 0 Å². The number of piperidine rings is 1. The lowest BCUT2D eigenvalue weighted by Gasteiger charge is -2.35. The number of hydrogen-bond donors (Lipinski definition) is 0. The summed E-state index contributed by atoms with van der Waals surface area (Å²) in [7, 11) is 0. The fourth-order valence-electron chi connectivity index (χ4n) is 2.21. The highest BCUT2D eigenvalue weighted by Crippen LogP contribution is 2.26. The Bertz CT molecular complexity index is 327. The Kier molecular flexibility index (Phi) is 3.47. The van der Waals surface area contributed by atoms with Crippen LogP contribution in [-0.2, 0) is 5.88 Å². The van der Waals surface area contributed by atoms with E-state index in [1.807, 2.05) is 12.3 Å². The molecule has 1 aromatic heterocycles. The first kappa shape index (κ1) is 10.7. The van der Waals surface area contributed by atoms with Crippen LogP contribution in [0.15, 0.2) is 18.3 Å². The summed E-state index contributed by atoms with van der Waals surface area (Å²) in [6, 6.07) is 4.61. The summed E-state index contributed by atoms with van der Waals surface area (Å²) in [5.74, 6) is 1.63. The summed E-state index contributed by atoms with van der Waals surface area (Å²) in [4.78, 5) is 6.86. The first-order valence-electron chi connectivity index (χ1n) is 5.59. The molecule has 0 aromatic carbocycles. The molecule has 1 atom stereocenters. The molecule has 2 rings (SSSR count). The van der Waals surface area contributed by atoms with E-state index in [-0.39, 0.29) is 0 Å². The molecular weight excluding hydrogens is 208 g/mol. The van der Waals surface area contributed by atoms with Crippen LogP contribution in [0.3, 0.4) is 0 Å². The molecule has 1 aliphatic rings. The summed E-state index contributed by atoms with van der Waals surface area (Å²) < 4.78 is 0. The summed E-state index contributed by atoms with van der Waals surface area (Å²) in [5, 5.41) is 0. The van der Waals surface area contributed by atoms with Crippen LogP contribution < -0.4 is 4.90 Å². The second-order valence-corrected chi connectivity index (χ2v) is 4.43. The van der Waals surface area contributed by atoms with Gasteiger partial charge in [0.25, 0.3) is 0 Å². The fourth-order valence-corrected chi connectivity index (χ4v) is 2.41. The number of hydrogen-bond acceptors (Lipinski definition) is 2. The first-order chi connectivity index (χ1) is 7.33. The molecule has 1 aliphatic heterocycles. The van der Waals surface area contributed by atoms with Gasteiger partial charge in [0, 0.05) is 24.3 Å². The van der Waals surface area contributed by atoms with E-state index in [1.54, 1.807) is 0 Å². The zero-order chi connectivity index (χ0) is 10.7. The lowest BCUT2D eigenvalue weighted by molar-refractivity contribution is 0.480. The molecule has 1 fully saturated rings. The van der Waals surface area contributed by atoms with Crippen molar-refractivity contribution in [2.45, 2.75) is 38.1 Å². The number of nitrogens with zero attached hydrogens (tertiary/aromatic N) is 2. The fraction of sp³-hybridized carbons (Fsp3) is 0.583. The first-order valence-corrected chi connectivity index (χ1v) is 6.13. The minimum Gasteiger partial charge on any atom is -0.354 e. The third kappa shape index (κ3) is 2.25. The Morgan fingerprint density at radius 1 is 1.53 bits per heavy atom. The normalized spacial score (nSPS) is 21.7. The molecule has 2 nitrogen and oxygen atoms in total. The van der Waals surface area contributed by atoms with Gasteiger partial charge in [-0.15, -0.1) is 11.6 Å². The SMILES string of the molecule is CC1CCCCN1c1ncccc1CCl. The molecule has 0 saturated carbocycles. The monoisotopic (exact) mass is 224 g/mol. The Hall–Kier alpha value is -0.760. The number of aromatic nitrogens is 1. The van der Waals surface area contributed by atoms with Crippen molar-refractivity contribution in [1.29, 1.82) is 0 Å². The predicted molar refractivity (Wildman–Crippen MR) is 64.5 cm³/mol. The van der Waals surface area contributed by atoms with Crippen molar-refractivity contribution in [2.24, 2.45) is 0 Å². The van der Waals surface area contributed by atoms with E-state index in [0.717, 1.165) is 17.9 Å². The summed E-state index contributed by atoms with van der Waals surface area (Å²) in [6.45, 7) is 3.38. The molecule has 0 aliphatic carbocycles. The van der Waals surface area contributed by atoms with Crippen LogP contribution in [0.2, 0.25) is 0 Å². The van der Waals surface area contributed by atoms with Gasteiger partial charge in [0.1, 0.15) is 5.82 Å². The van der Waals surface area contributed by atoms with E-state index in [0.29, 0.717) is 11.9 Å². The topological polar surface area (TPSA) is 16.1 Å². The van der Waals surface area contributed by atoms with E-state index in [9.17, 15) is 0 Å². The Labute approximate surface area is 96.3 Å². The Balaban J connectivity index is 2.26. The van der Waals surface area contributed by atoms with Gasteiger partial charge < -0.3 is 4.90 Å². The molecule has 82 valence electrons. The molecule has 3 heteroatoms. The second kappa shape index (κ2) is 4.84. The number of anilines is 1. The van der Waals surface area contributed by atoms with Crippen LogP contribution in [-0.4, -0.2) is 17.6 Å². The van der Waals surface area contributed by atoms with Gasteiger partial charge in [0.05, 0.1) is 5.88 Å².